The van der Waals surface area contributed by atoms with Crippen molar-refractivity contribution in [1.82, 2.24) is 4.90 Å². The van der Waals surface area contributed by atoms with Crippen LogP contribution in [-0.4, -0.2) is 25.0 Å². The second-order valence-electron chi connectivity index (χ2n) is 3.03. The van der Waals surface area contributed by atoms with Gasteiger partial charge in [-0.25, -0.2) is 4.79 Å². The van der Waals surface area contributed by atoms with E-state index in [1.54, 1.807) is 32.3 Å². The summed E-state index contributed by atoms with van der Waals surface area (Å²) >= 11 is 5.87. The number of benzene rings is 1. The van der Waals surface area contributed by atoms with Crippen LogP contribution >= 0.6 is 11.6 Å². The van der Waals surface area contributed by atoms with E-state index in [1.807, 2.05) is 0 Å². The van der Waals surface area contributed by atoms with E-state index in [1.165, 1.54) is 4.90 Å². The molecule has 0 aromatic heterocycles. The zero-order chi connectivity index (χ0) is 10.7. The Morgan fingerprint density at radius 3 is 2.64 bits per heavy atom. The van der Waals surface area contributed by atoms with Gasteiger partial charge in [0.2, 0.25) is 0 Å². The zero-order valence-corrected chi connectivity index (χ0v) is 8.80. The van der Waals surface area contributed by atoms with Crippen LogP contribution < -0.4 is 11.1 Å². The predicted octanol–water partition coefficient (Wildman–Crippen LogP) is 2.02. The van der Waals surface area contributed by atoms with Gasteiger partial charge in [-0.3, -0.25) is 0 Å². The molecule has 0 bridgehead atoms. The number of hydrogen-bond donors (Lipinski definition) is 2. The van der Waals surface area contributed by atoms with E-state index < -0.39 is 0 Å². The molecular weight excluding hydrogens is 202 g/mol. The standard InChI is InChI=1S/C9H12ClN3O/c1-13(2)9(14)12-8-6(10)4-3-5-7(8)11/h3-5H,11H2,1-2H3,(H,12,14). The minimum Gasteiger partial charge on any atom is -0.397 e. The maximum atomic E-state index is 11.3. The van der Waals surface area contributed by atoms with Crippen LogP contribution in [0, 0.1) is 0 Å². The number of para-hydroxylation sites is 1. The third kappa shape index (κ3) is 2.29. The van der Waals surface area contributed by atoms with Gasteiger partial charge in [0.25, 0.3) is 0 Å². The molecule has 1 aromatic carbocycles. The molecular formula is C9H12ClN3O. The molecule has 76 valence electrons. The Labute approximate surface area is 87.6 Å². The van der Waals surface area contributed by atoms with Crippen LogP contribution in [0.4, 0.5) is 16.2 Å². The van der Waals surface area contributed by atoms with E-state index >= 15 is 0 Å². The van der Waals surface area contributed by atoms with Gasteiger partial charge in [-0.1, -0.05) is 17.7 Å². The van der Waals surface area contributed by atoms with Crippen molar-refractivity contribution in [3.63, 3.8) is 0 Å². The summed E-state index contributed by atoms with van der Waals surface area (Å²) in [4.78, 5) is 12.7. The number of amides is 2. The van der Waals surface area contributed by atoms with Crippen LogP contribution in [0.15, 0.2) is 18.2 Å². The zero-order valence-electron chi connectivity index (χ0n) is 8.04. The predicted molar refractivity (Wildman–Crippen MR) is 58.6 cm³/mol. The number of anilines is 2. The molecule has 0 spiro atoms. The Kier molecular flexibility index (Phi) is 3.19. The van der Waals surface area contributed by atoms with Gasteiger partial charge in [0.05, 0.1) is 16.4 Å². The highest BCUT2D eigenvalue weighted by molar-refractivity contribution is 6.34. The second-order valence-corrected chi connectivity index (χ2v) is 3.44. The molecule has 4 nitrogen and oxygen atoms in total. The minimum absolute atomic E-state index is 0.259. The fourth-order valence-electron chi connectivity index (χ4n) is 0.891. The number of carbonyl (C=O) groups is 1. The molecule has 0 atom stereocenters. The van der Waals surface area contributed by atoms with E-state index in [2.05, 4.69) is 5.32 Å². The topological polar surface area (TPSA) is 58.4 Å². The summed E-state index contributed by atoms with van der Waals surface area (Å²) in [5.41, 5.74) is 6.56. The first kappa shape index (κ1) is 10.7. The molecule has 3 N–H and O–H groups in total. The molecule has 14 heavy (non-hydrogen) atoms. The van der Waals surface area contributed by atoms with Gasteiger partial charge < -0.3 is 16.0 Å². The quantitative estimate of drug-likeness (QED) is 0.702. The van der Waals surface area contributed by atoms with E-state index in [4.69, 9.17) is 17.3 Å². The average Bonchev–Trinajstić information content (AvgIpc) is 2.11. The first-order valence-corrected chi connectivity index (χ1v) is 4.42. The highest BCUT2D eigenvalue weighted by atomic mass is 35.5. The molecule has 0 fully saturated rings. The summed E-state index contributed by atoms with van der Waals surface area (Å²) in [5, 5.41) is 3.04. The normalized spacial score (nSPS) is 9.64. The average molecular weight is 214 g/mol. The number of nitrogens with two attached hydrogens (primary N) is 1. The van der Waals surface area contributed by atoms with E-state index in [9.17, 15) is 4.79 Å². The molecule has 0 heterocycles. The highest BCUT2D eigenvalue weighted by Crippen LogP contribution is 2.27. The fraction of sp³-hybridized carbons (Fsp3) is 0.222. The number of nitrogen functional groups attached to an aromatic ring is 1. The summed E-state index contributed by atoms with van der Waals surface area (Å²) in [6, 6.07) is 4.81. The Balaban J connectivity index is 2.91. The summed E-state index contributed by atoms with van der Waals surface area (Å²) in [6.07, 6.45) is 0. The molecule has 0 radical (unpaired) electrons. The number of rotatable bonds is 1. The number of halogens is 1. The number of hydrogen-bond acceptors (Lipinski definition) is 2. The monoisotopic (exact) mass is 213 g/mol. The lowest BCUT2D eigenvalue weighted by atomic mass is 10.3. The summed E-state index contributed by atoms with van der Waals surface area (Å²) in [5.74, 6) is 0. The molecule has 0 unspecified atom stereocenters. The number of nitrogens with one attached hydrogen (secondary N) is 1. The minimum atomic E-state index is -0.259. The van der Waals surface area contributed by atoms with Gasteiger partial charge in [0.15, 0.2) is 0 Å². The first-order valence-electron chi connectivity index (χ1n) is 4.04. The molecule has 0 aliphatic rings. The van der Waals surface area contributed by atoms with Crippen LogP contribution in [0.3, 0.4) is 0 Å². The molecule has 0 saturated heterocycles. The number of nitrogens with zero attached hydrogens (tertiary/aromatic N) is 1. The Morgan fingerprint density at radius 1 is 1.50 bits per heavy atom. The SMILES string of the molecule is CN(C)C(=O)Nc1c(N)cccc1Cl. The van der Waals surface area contributed by atoms with Crippen molar-refractivity contribution in [2.45, 2.75) is 0 Å². The number of urea groups is 1. The van der Waals surface area contributed by atoms with Gasteiger partial charge >= 0.3 is 6.03 Å². The second kappa shape index (κ2) is 4.19. The van der Waals surface area contributed by atoms with Crippen molar-refractivity contribution in [3.8, 4) is 0 Å². The lowest BCUT2D eigenvalue weighted by Gasteiger charge is -2.14. The van der Waals surface area contributed by atoms with Gasteiger partial charge in [-0.15, -0.1) is 0 Å². The Bertz CT molecular complexity index is 332. The van der Waals surface area contributed by atoms with Crippen molar-refractivity contribution in [3.05, 3.63) is 23.2 Å². The van der Waals surface area contributed by atoms with Crippen molar-refractivity contribution < 1.29 is 4.79 Å². The largest absolute Gasteiger partial charge is 0.397 e. The number of carbonyl (C=O) groups excluding carboxylic acids is 1. The van der Waals surface area contributed by atoms with Gasteiger partial charge in [-0.2, -0.15) is 0 Å². The van der Waals surface area contributed by atoms with Gasteiger partial charge in [0.1, 0.15) is 0 Å². The van der Waals surface area contributed by atoms with Crippen LogP contribution in [-0.2, 0) is 0 Å². The van der Waals surface area contributed by atoms with Gasteiger partial charge in [0, 0.05) is 14.1 Å². The lowest BCUT2D eigenvalue weighted by Crippen LogP contribution is -2.27. The van der Waals surface area contributed by atoms with Crippen molar-refractivity contribution in [1.29, 1.82) is 0 Å². The van der Waals surface area contributed by atoms with E-state index in [-0.39, 0.29) is 6.03 Å². The molecule has 5 heteroatoms. The molecule has 1 rings (SSSR count). The molecule has 0 aliphatic carbocycles. The van der Waals surface area contributed by atoms with Crippen molar-refractivity contribution in [2.75, 3.05) is 25.1 Å². The molecule has 0 saturated carbocycles. The molecule has 1 aromatic rings. The summed E-state index contributed by atoms with van der Waals surface area (Å²) in [7, 11) is 3.28. The summed E-state index contributed by atoms with van der Waals surface area (Å²) < 4.78 is 0. The van der Waals surface area contributed by atoms with E-state index in [0.29, 0.717) is 16.4 Å². The van der Waals surface area contributed by atoms with Crippen LogP contribution in [0.2, 0.25) is 5.02 Å². The fourth-order valence-corrected chi connectivity index (χ4v) is 1.12. The van der Waals surface area contributed by atoms with E-state index in [0.717, 1.165) is 0 Å². The van der Waals surface area contributed by atoms with Crippen LogP contribution in [0.5, 0.6) is 0 Å². The maximum absolute atomic E-state index is 11.3. The van der Waals surface area contributed by atoms with Gasteiger partial charge in [-0.05, 0) is 12.1 Å². The van der Waals surface area contributed by atoms with Crippen LogP contribution in [0.25, 0.3) is 0 Å². The molecule has 2 amide bonds. The first-order chi connectivity index (χ1) is 6.52. The summed E-state index contributed by atoms with van der Waals surface area (Å²) in [6.45, 7) is 0. The maximum Gasteiger partial charge on any atom is 0.321 e. The van der Waals surface area contributed by atoms with Crippen molar-refractivity contribution in [2.24, 2.45) is 0 Å². The Morgan fingerprint density at radius 2 is 2.14 bits per heavy atom. The van der Waals surface area contributed by atoms with Crippen LogP contribution in [0.1, 0.15) is 0 Å². The smallest absolute Gasteiger partial charge is 0.321 e. The lowest BCUT2D eigenvalue weighted by molar-refractivity contribution is 0.230. The van der Waals surface area contributed by atoms with Crippen molar-refractivity contribution >= 4 is 29.0 Å². The Hall–Kier alpha value is -1.42. The third-order valence-electron chi connectivity index (χ3n) is 1.68. The molecule has 0 aliphatic heterocycles. The highest BCUT2D eigenvalue weighted by Gasteiger charge is 2.09. The third-order valence-corrected chi connectivity index (χ3v) is 2.00.